The van der Waals surface area contributed by atoms with Gasteiger partial charge in [0.25, 0.3) is 0 Å². The summed E-state index contributed by atoms with van der Waals surface area (Å²) in [6.07, 6.45) is 7.17. The van der Waals surface area contributed by atoms with Crippen molar-refractivity contribution < 1.29 is 4.39 Å². The van der Waals surface area contributed by atoms with Crippen LogP contribution in [-0.2, 0) is 6.42 Å². The fourth-order valence-corrected chi connectivity index (χ4v) is 3.92. The van der Waals surface area contributed by atoms with Gasteiger partial charge >= 0.3 is 0 Å². The Hall–Kier alpha value is -2.43. The first-order valence-electron chi connectivity index (χ1n) is 8.99. The van der Waals surface area contributed by atoms with E-state index in [1.54, 1.807) is 12.1 Å². The summed E-state index contributed by atoms with van der Waals surface area (Å²) >= 11 is 0. The lowest BCUT2D eigenvalue weighted by Crippen LogP contribution is -2.37. The van der Waals surface area contributed by atoms with E-state index in [1.807, 2.05) is 13.1 Å². The molecule has 0 radical (unpaired) electrons. The van der Waals surface area contributed by atoms with Crippen LogP contribution in [0.25, 0.3) is 10.9 Å². The van der Waals surface area contributed by atoms with Crippen molar-refractivity contribution in [3.8, 4) is 0 Å². The molecule has 1 fully saturated rings. The summed E-state index contributed by atoms with van der Waals surface area (Å²) in [7, 11) is 0. The smallest absolute Gasteiger partial charge is 0.124 e. The summed E-state index contributed by atoms with van der Waals surface area (Å²) in [4.78, 5) is 11.4. The topological polar surface area (TPSA) is 34.0 Å². The highest BCUT2D eigenvalue weighted by molar-refractivity contribution is 5.92. The van der Waals surface area contributed by atoms with Crippen molar-refractivity contribution in [3.05, 3.63) is 54.0 Å². The van der Waals surface area contributed by atoms with Gasteiger partial charge in [-0.05, 0) is 44.0 Å². The van der Waals surface area contributed by atoms with E-state index in [0.29, 0.717) is 6.04 Å². The molecule has 1 atom stereocenters. The van der Waals surface area contributed by atoms with E-state index in [-0.39, 0.29) is 5.82 Å². The summed E-state index contributed by atoms with van der Waals surface area (Å²) in [5.74, 6) is 0.921. The van der Waals surface area contributed by atoms with Crippen molar-refractivity contribution in [1.29, 1.82) is 0 Å². The minimum Gasteiger partial charge on any atom is -0.369 e. The van der Waals surface area contributed by atoms with Crippen LogP contribution in [0.2, 0.25) is 0 Å². The van der Waals surface area contributed by atoms with Crippen LogP contribution in [0.15, 0.2) is 36.7 Å². The number of piperidine rings is 1. The maximum absolute atomic E-state index is 13.8. The van der Waals surface area contributed by atoms with Gasteiger partial charge in [0.15, 0.2) is 0 Å². The van der Waals surface area contributed by atoms with Gasteiger partial charge in [0.2, 0.25) is 0 Å². The number of anilines is 1. The number of benzene rings is 1. The molecular weight excluding hydrogens is 315 g/mol. The van der Waals surface area contributed by atoms with E-state index in [0.717, 1.165) is 60.5 Å². The van der Waals surface area contributed by atoms with Gasteiger partial charge in [-0.3, -0.25) is 4.98 Å². The highest BCUT2D eigenvalue weighted by atomic mass is 19.1. The zero-order valence-electron chi connectivity index (χ0n) is 14.7. The molecule has 0 amide bonds. The molecule has 3 heterocycles. The lowest BCUT2D eigenvalue weighted by molar-refractivity contribution is 0.396. The zero-order chi connectivity index (χ0) is 17.4. The SMILES string of the molecule is CCc1nccn1C1CCCN(c2cc(C)nc3ccc(F)cc23)C1. The van der Waals surface area contributed by atoms with Crippen LogP contribution < -0.4 is 4.90 Å². The van der Waals surface area contributed by atoms with E-state index in [4.69, 9.17) is 0 Å². The summed E-state index contributed by atoms with van der Waals surface area (Å²) in [5, 5.41) is 0.896. The monoisotopic (exact) mass is 338 g/mol. The third kappa shape index (κ3) is 2.99. The molecule has 1 saturated heterocycles. The number of aromatic nitrogens is 3. The fourth-order valence-electron chi connectivity index (χ4n) is 3.92. The van der Waals surface area contributed by atoms with Crippen molar-refractivity contribution in [2.75, 3.05) is 18.0 Å². The molecule has 130 valence electrons. The van der Waals surface area contributed by atoms with E-state index >= 15 is 0 Å². The van der Waals surface area contributed by atoms with Gasteiger partial charge in [-0.15, -0.1) is 0 Å². The molecule has 4 rings (SSSR count). The predicted octanol–water partition coefficient (Wildman–Crippen LogP) is 4.28. The molecule has 1 aromatic carbocycles. The van der Waals surface area contributed by atoms with Crippen molar-refractivity contribution in [2.24, 2.45) is 0 Å². The van der Waals surface area contributed by atoms with Crippen molar-refractivity contribution in [2.45, 2.75) is 39.2 Å². The molecule has 1 aliphatic heterocycles. The van der Waals surface area contributed by atoms with Crippen molar-refractivity contribution in [1.82, 2.24) is 14.5 Å². The fraction of sp³-hybridized carbons (Fsp3) is 0.400. The summed E-state index contributed by atoms with van der Waals surface area (Å²) in [5.41, 5.74) is 2.91. The number of imidazole rings is 1. The Morgan fingerprint density at radius 3 is 3.00 bits per heavy atom. The quantitative estimate of drug-likeness (QED) is 0.715. The lowest BCUT2D eigenvalue weighted by atomic mass is 10.0. The molecule has 1 unspecified atom stereocenters. The van der Waals surface area contributed by atoms with Gasteiger partial charge in [0.1, 0.15) is 11.6 Å². The second kappa shape index (κ2) is 6.47. The average Bonchev–Trinajstić information content (AvgIpc) is 3.10. The first-order chi connectivity index (χ1) is 12.2. The number of pyridine rings is 1. The van der Waals surface area contributed by atoms with E-state index in [1.165, 1.54) is 6.07 Å². The Morgan fingerprint density at radius 2 is 2.16 bits per heavy atom. The van der Waals surface area contributed by atoms with Gasteiger partial charge in [0, 0.05) is 48.7 Å². The van der Waals surface area contributed by atoms with Gasteiger partial charge in [-0.25, -0.2) is 9.37 Å². The third-order valence-electron chi connectivity index (χ3n) is 5.07. The zero-order valence-corrected chi connectivity index (χ0v) is 14.7. The highest BCUT2D eigenvalue weighted by Crippen LogP contribution is 2.32. The lowest BCUT2D eigenvalue weighted by Gasteiger charge is -2.36. The molecule has 3 aromatic rings. The number of rotatable bonds is 3. The Labute approximate surface area is 147 Å². The van der Waals surface area contributed by atoms with Crippen LogP contribution in [0.5, 0.6) is 0 Å². The second-order valence-corrected chi connectivity index (χ2v) is 6.79. The summed E-state index contributed by atoms with van der Waals surface area (Å²) in [6, 6.07) is 7.35. The molecule has 2 aromatic heterocycles. The van der Waals surface area contributed by atoms with E-state index in [2.05, 4.69) is 38.6 Å². The van der Waals surface area contributed by atoms with Gasteiger partial charge in [0.05, 0.1) is 11.6 Å². The Bertz CT molecular complexity index is 902. The number of hydrogen-bond donors (Lipinski definition) is 0. The average molecular weight is 338 g/mol. The normalized spacial score (nSPS) is 18.0. The molecule has 0 bridgehead atoms. The molecule has 0 aliphatic carbocycles. The largest absolute Gasteiger partial charge is 0.369 e. The minimum atomic E-state index is -0.212. The Kier molecular flexibility index (Phi) is 4.15. The van der Waals surface area contributed by atoms with Crippen LogP contribution in [0.4, 0.5) is 10.1 Å². The van der Waals surface area contributed by atoms with Crippen LogP contribution in [-0.4, -0.2) is 27.6 Å². The first-order valence-corrected chi connectivity index (χ1v) is 8.99. The molecule has 4 nitrogen and oxygen atoms in total. The number of nitrogens with zero attached hydrogens (tertiary/aromatic N) is 4. The van der Waals surface area contributed by atoms with Crippen LogP contribution in [0.3, 0.4) is 0 Å². The summed E-state index contributed by atoms with van der Waals surface area (Å²) in [6.45, 7) is 6.04. The number of halogens is 1. The highest BCUT2D eigenvalue weighted by Gasteiger charge is 2.24. The Balaban J connectivity index is 1.72. The van der Waals surface area contributed by atoms with Crippen molar-refractivity contribution in [3.63, 3.8) is 0 Å². The molecule has 1 aliphatic rings. The van der Waals surface area contributed by atoms with Crippen LogP contribution in [0.1, 0.15) is 37.3 Å². The standard InChI is InChI=1S/C20H23FN4/c1-3-20-22-8-10-25(20)16-5-4-9-24(13-16)19-11-14(2)23-18-7-6-15(21)12-17(18)19/h6-8,10-12,16H,3-5,9,13H2,1-2H3. The van der Waals surface area contributed by atoms with Crippen molar-refractivity contribution >= 4 is 16.6 Å². The number of fused-ring (bicyclic) bond motifs is 1. The molecule has 25 heavy (non-hydrogen) atoms. The molecule has 5 heteroatoms. The molecule has 0 spiro atoms. The maximum Gasteiger partial charge on any atom is 0.124 e. The molecular formula is C20H23FN4. The maximum atomic E-state index is 13.8. The third-order valence-corrected chi connectivity index (χ3v) is 5.07. The van der Waals surface area contributed by atoms with E-state index in [9.17, 15) is 4.39 Å². The second-order valence-electron chi connectivity index (χ2n) is 6.79. The number of hydrogen-bond acceptors (Lipinski definition) is 3. The first kappa shape index (κ1) is 16.1. The molecule has 0 N–H and O–H groups in total. The van der Waals surface area contributed by atoms with Crippen LogP contribution >= 0.6 is 0 Å². The van der Waals surface area contributed by atoms with E-state index < -0.39 is 0 Å². The minimum absolute atomic E-state index is 0.212. The predicted molar refractivity (Wildman–Crippen MR) is 98.5 cm³/mol. The van der Waals surface area contributed by atoms with Gasteiger partial charge < -0.3 is 9.47 Å². The number of aryl methyl sites for hydroxylation is 2. The van der Waals surface area contributed by atoms with Gasteiger partial charge in [-0.1, -0.05) is 6.92 Å². The molecule has 0 saturated carbocycles. The Morgan fingerprint density at radius 1 is 1.28 bits per heavy atom. The van der Waals surface area contributed by atoms with Gasteiger partial charge in [-0.2, -0.15) is 0 Å². The van der Waals surface area contributed by atoms with Crippen LogP contribution in [0, 0.1) is 12.7 Å². The summed E-state index contributed by atoms with van der Waals surface area (Å²) < 4.78 is 16.1.